The van der Waals surface area contributed by atoms with Gasteiger partial charge in [-0.25, -0.2) is 26.6 Å². The summed E-state index contributed by atoms with van der Waals surface area (Å²) in [5.74, 6) is -3.80. The lowest BCUT2D eigenvalue weighted by Crippen LogP contribution is -2.27. The van der Waals surface area contributed by atoms with Gasteiger partial charge in [0.25, 0.3) is 0 Å². The summed E-state index contributed by atoms with van der Waals surface area (Å²) in [5.41, 5.74) is 1.57. The summed E-state index contributed by atoms with van der Waals surface area (Å²) in [4.78, 5) is 4.86. The van der Waals surface area contributed by atoms with Crippen LogP contribution in [0.1, 0.15) is 31.2 Å². The van der Waals surface area contributed by atoms with Gasteiger partial charge in [0.2, 0.25) is 10.0 Å². The van der Waals surface area contributed by atoms with Gasteiger partial charge in [0, 0.05) is 25.4 Å². The minimum atomic E-state index is -3.59. The first kappa shape index (κ1) is 23.7. The molecule has 2 aliphatic heterocycles. The van der Waals surface area contributed by atoms with Crippen LogP contribution in [-0.4, -0.2) is 48.1 Å². The van der Waals surface area contributed by atoms with Crippen LogP contribution in [0.4, 0.5) is 13.2 Å². The van der Waals surface area contributed by atoms with Gasteiger partial charge in [-0.3, -0.25) is 0 Å². The molecule has 2 aromatic carbocycles. The van der Waals surface area contributed by atoms with Gasteiger partial charge in [0.05, 0.1) is 28.6 Å². The van der Waals surface area contributed by atoms with E-state index in [9.17, 15) is 21.6 Å². The molecule has 3 heterocycles. The van der Waals surface area contributed by atoms with Gasteiger partial charge in [-0.05, 0) is 61.6 Å². The van der Waals surface area contributed by atoms with Crippen molar-refractivity contribution in [3.8, 4) is 0 Å². The van der Waals surface area contributed by atoms with E-state index in [0.717, 1.165) is 43.3 Å². The number of aromatic nitrogens is 2. The molecule has 11 heteroatoms. The van der Waals surface area contributed by atoms with E-state index in [-0.39, 0.29) is 22.3 Å². The van der Waals surface area contributed by atoms with E-state index in [1.165, 1.54) is 16.1 Å². The first-order chi connectivity index (χ1) is 16.3. The quantitative estimate of drug-likeness (QED) is 0.340. The van der Waals surface area contributed by atoms with Gasteiger partial charge in [0.15, 0.2) is 22.6 Å². The van der Waals surface area contributed by atoms with Crippen molar-refractivity contribution in [3.63, 3.8) is 0 Å². The van der Waals surface area contributed by atoms with E-state index in [1.807, 2.05) is 4.57 Å². The van der Waals surface area contributed by atoms with E-state index >= 15 is 0 Å². The third-order valence-corrected chi connectivity index (χ3v) is 9.15. The molecule has 0 bridgehead atoms. The highest BCUT2D eigenvalue weighted by molar-refractivity contribution is 7.98. The summed E-state index contributed by atoms with van der Waals surface area (Å²) in [6.45, 7) is 2.24. The van der Waals surface area contributed by atoms with Crippen molar-refractivity contribution in [1.29, 1.82) is 0 Å². The van der Waals surface area contributed by atoms with Crippen molar-refractivity contribution in [1.82, 2.24) is 13.9 Å². The van der Waals surface area contributed by atoms with Crippen LogP contribution in [0, 0.1) is 17.5 Å². The van der Waals surface area contributed by atoms with Gasteiger partial charge < -0.3 is 9.30 Å². The molecule has 5 rings (SSSR count). The zero-order chi connectivity index (χ0) is 23.9. The molecule has 2 saturated heterocycles. The second-order valence-electron chi connectivity index (χ2n) is 8.56. The molecule has 0 N–H and O–H groups in total. The topological polar surface area (TPSA) is 64.4 Å². The van der Waals surface area contributed by atoms with Crippen molar-refractivity contribution in [2.75, 3.05) is 19.7 Å². The van der Waals surface area contributed by atoms with Gasteiger partial charge in [-0.1, -0.05) is 11.8 Å². The molecule has 2 aliphatic rings. The summed E-state index contributed by atoms with van der Waals surface area (Å²) in [7, 11) is -3.59. The Labute approximate surface area is 200 Å². The first-order valence-electron chi connectivity index (χ1n) is 11.2. The molecule has 0 amide bonds. The van der Waals surface area contributed by atoms with Crippen LogP contribution < -0.4 is 0 Å². The third kappa shape index (κ3) is 4.58. The lowest BCUT2D eigenvalue weighted by molar-refractivity contribution is 0.0960. The molecule has 1 aromatic heterocycles. The SMILES string of the molecule is O=S(=O)(c1ccc2c(c1)nc(SCc1cc(F)c(F)c(F)c1)n2C[C@@H]1CCCO1)N1CCCC1. The van der Waals surface area contributed by atoms with Crippen molar-refractivity contribution in [2.45, 2.75) is 54.1 Å². The predicted molar refractivity (Wildman–Crippen MR) is 123 cm³/mol. The van der Waals surface area contributed by atoms with E-state index in [4.69, 9.17) is 4.74 Å². The van der Waals surface area contributed by atoms with Gasteiger partial charge >= 0.3 is 0 Å². The Kier molecular flexibility index (Phi) is 6.62. The molecular weight excluding hydrogens is 487 g/mol. The Hall–Kier alpha value is -2.08. The highest BCUT2D eigenvalue weighted by atomic mass is 32.2. The second kappa shape index (κ2) is 9.52. The van der Waals surface area contributed by atoms with Gasteiger partial charge in [0.1, 0.15) is 0 Å². The molecule has 0 saturated carbocycles. The van der Waals surface area contributed by atoms with E-state index in [0.29, 0.717) is 36.9 Å². The maximum absolute atomic E-state index is 13.6. The van der Waals surface area contributed by atoms with E-state index in [1.54, 1.807) is 18.2 Å². The zero-order valence-electron chi connectivity index (χ0n) is 18.3. The molecule has 34 heavy (non-hydrogen) atoms. The summed E-state index contributed by atoms with van der Waals surface area (Å²) < 4.78 is 75.9. The highest BCUT2D eigenvalue weighted by Gasteiger charge is 2.28. The van der Waals surface area contributed by atoms with Crippen molar-refractivity contribution in [3.05, 3.63) is 53.3 Å². The number of fused-ring (bicyclic) bond motifs is 1. The molecule has 0 aliphatic carbocycles. The number of ether oxygens (including phenoxy) is 1. The summed E-state index contributed by atoms with van der Waals surface area (Å²) in [5, 5.41) is 0.575. The monoisotopic (exact) mass is 511 g/mol. The van der Waals surface area contributed by atoms with Crippen LogP contribution in [-0.2, 0) is 27.1 Å². The van der Waals surface area contributed by atoms with Crippen molar-refractivity contribution < 1.29 is 26.3 Å². The van der Waals surface area contributed by atoms with Gasteiger partial charge in [-0.2, -0.15) is 4.31 Å². The minimum Gasteiger partial charge on any atom is -0.376 e. The fourth-order valence-electron chi connectivity index (χ4n) is 4.44. The number of rotatable bonds is 7. The number of hydrogen-bond acceptors (Lipinski definition) is 5. The molecule has 2 fully saturated rings. The van der Waals surface area contributed by atoms with Crippen LogP contribution >= 0.6 is 11.8 Å². The molecular formula is C23H24F3N3O3S2. The standard InChI is InChI=1S/C23H24F3N3O3S2/c24-18-10-15(11-19(25)22(18)26)14-33-23-27-20-12-17(34(30,31)28-7-1-2-8-28)5-6-21(20)29(23)13-16-4-3-9-32-16/h5-6,10-12,16H,1-4,7-9,13-14H2/t16-/m0/s1. The summed E-state index contributed by atoms with van der Waals surface area (Å²) in [6.07, 6.45) is 3.57. The summed E-state index contributed by atoms with van der Waals surface area (Å²) >= 11 is 1.25. The predicted octanol–water partition coefficient (Wildman–Crippen LogP) is 4.71. The van der Waals surface area contributed by atoms with Crippen molar-refractivity contribution >= 4 is 32.8 Å². The van der Waals surface area contributed by atoms with E-state index in [2.05, 4.69) is 4.98 Å². The maximum Gasteiger partial charge on any atom is 0.243 e. The Morgan fingerprint density at radius 1 is 1.06 bits per heavy atom. The molecule has 0 spiro atoms. The second-order valence-corrected chi connectivity index (χ2v) is 11.4. The number of benzene rings is 2. The Morgan fingerprint density at radius 2 is 1.79 bits per heavy atom. The number of halogens is 3. The van der Waals surface area contributed by atoms with Crippen LogP contribution in [0.3, 0.4) is 0 Å². The normalized spacial score (nSPS) is 19.4. The van der Waals surface area contributed by atoms with Crippen LogP contribution in [0.2, 0.25) is 0 Å². The van der Waals surface area contributed by atoms with Gasteiger partial charge in [-0.15, -0.1) is 0 Å². The fourth-order valence-corrected chi connectivity index (χ4v) is 6.93. The molecule has 182 valence electrons. The molecule has 0 radical (unpaired) electrons. The van der Waals surface area contributed by atoms with Crippen LogP contribution in [0.15, 0.2) is 40.4 Å². The van der Waals surface area contributed by atoms with Crippen LogP contribution in [0.25, 0.3) is 11.0 Å². The number of sulfonamides is 1. The smallest absolute Gasteiger partial charge is 0.243 e. The average Bonchev–Trinajstić information content (AvgIpc) is 3.58. The molecule has 0 unspecified atom stereocenters. The number of hydrogen-bond donors (Lipinski definition) is 0. The minimum absolute atomic E-state index is 0.00506. The van der Waals surface area contributed by atoms with E-state index < -0.39 is 27.5 Å². The Morgan fingerprint density at radius 3 is 2.47 bits per heavy atom. The third-order valence-electron chi connectivity index (χ3n) is 6.21. The molecule has 3 aromatic rings. The number of thioether (sulfide) groups is 1. The number of imidazole rings is 1. The zero-order valence-corrected chi connectivity index (χ0v) is 20.0. The lowest BCUT2D eigenvalue weighted by atomic mass is 10.2. The number of nitrogens with zero attached hydrogens (tertiary/aromatic N) is 3. The summed E-state index contributed by atoms with van der Waals surface area (Å²) in [6, 6.07) is 6.87. The lowest BCUT2D eigenvalue weighted by Gasteiger charge is -2.16. The Bertz CT molecular complexity index is 1290. The maximum atomic E-state index is 13.6. The average molecular weight is 512 g/mol. The van der Waals surface area contributed by atoms with Crippen LogP contribution in [0.5, 0.6) is 0 Å². The Balaban J connectivity index is 1.48. The highest BCUT2D eigenvalue weighted by Crippen LogP contribution is 2.31. The molecule has 6 nitrogen and oxygen atoms in total. The molecule has 1 atom stereocenters. The fraction of sp³-hybridized carbons (Fsp3) is 0.435. The largest absolute Gasteiger partial charge is 0.376 e. The first-order valence-corrected chi connectivity index (χ1v) is 13.6. The van der Waals surface area contributed by atoms with Crippen molar-refractivity contribution in [2.24, 2.45) is 0 Å².